The molecule has 0 aliphatic carbocycles. The Hall–Kier alpha value is -2.21. The Kier molecular flexibility index (Phi) is 4.37. The van der Waals surface area contributed by atoms with Gasteiger partial charge in [0, 0.05) is 6.54 Å². The Morgan fingerprint density at radius 1 is 1.33 bits per heavy atom. The third kappa shape index (κ3) is 4.13. The van der Waals surface area contributed by atoms with Crippen molar-refractivity contribution in [3.8, 4) is 0 Å². The van der Waals surface area contributed by atoms with E-state index in [-0.39, 0.29) is 6.54 Å². The van der Waals surface area contributed by atoms with Crippen molar-refractivity contribution >= 4 is 17.1 Å². The number of fused-ring (bicyclic) bond motifs is 1. The van der Waals surface area contributed by atoms with Crippen molar-refractivity contribution in [2.45, 2.75) is 32.4 Å². The number of nitrogens with two attached hydrogens (primary N) is 1. The van der Waals surface area contributed by atoms with Crippen molar-refractivity contribution in [2.24, 2.45) is 5.73 Å². The standard InChI is InChI=1S/C15H20N4O2/c1-15(2,3)21-14(20)19-12(8-16)13-9-17-10-6-4-5-7-11(10)18-13/h4-7,9,12H,8,16H2,1-3H3,(H,19,20). The summed E-state index contributed by atoms with van der Waals surface area (Å²) < 4.78 is 5.23. The predicted octanol–water partition coefficient (Wildman–Crippen LogP) is 2.15. The van der Waals surface area contributed by atoms with Crippen molar-refractivity contribution in [3.05, 3.63) is 36.2 Å². The van der Waals surface area contributed by atoms with Crippen LogP contribution in [-0.2, 0) is 4.74 Å². The minimum absolute atomic E-state index is 0.215. The van der Waals surface area contributed by atoms with Crippen LogP contribution in [0.15, 0.2) is 30.5 Å². The fourth-order valence-electron chi connectivity index (χ4n) is 1.84. The summed E-state index contributed by atoms with van der Waals surface area (Å²) >= 11 is 0. The average molecular weight is 288 g/mol. The molecule has 21 heavy (non-hydrogen) atoms. The molecule has 2 rings (SSSR count). The second-order valence-electron chi connectivity index (χ2n) is 5.72. The number of carbonyl (C=O) groups is 1. The van der Waals surface area contributed by atoms with Crippen molar-refractivity contribution < 1.29 is 9.53 Å². The zero-order chi connectivity index (χ0) is 15.5. The summed E-state index contributed by atoms with van der Waals surface area (Å²) in [5.74, 6) is 0. The van der Waals surface area contributed by atoms with E-state index in [4.69, 9.17) is 10.5 Å². The number of hydrogen-bond donors (Lipinski definition) is 2. The van der Waals surface area contributed by atoms with Crippen molar-refractivity contribution in [1.29, 1.82) is 0 Å². The van der Waals surface area contributed by atoms with E-state index < -0.39 is 17.7 Å². The Bertz CT molecular complexity index is 637. The van der Waals surface area contributed by atoms with Crippen molar-refractivity contribution in [1.82, 2.24) is 15.3 Å². The van der Waals surface area contributed by atoms with Crippen LogP contribution in [0.5, 0.6) is 0 Å². The van der Waals surface area contributed by atoms with E-state index in [0.717, 1.165) is 11.0 Å². The lowest BCUT2D eigenvalue weighted by molar-refractivity contribution is 0.0504. The third-order valence-electron chi connectivity index (χ3n) is 2.75. The minimum Gasteiger partial charge on any atom is -0.444 e. The summed E-state index contributed by atoms with van der Waals surface area (Å²) in [6.07, 6.45) is 1.10. The van der Waals surface area contributed by atoms with Crippen LogP contribution in [-0.4, -0.2) is 28.2 Å². The van der Waals surface area contributed by atoms with Gasteiger partial charge in [-0.25, -0.2) is 9.78 Å². The van der Waals surface area contributed by atoms with Gasteiger partial charge in [0.25, 0.3) is 0 Å². The molecule has 1 heterocycles. The maximum Gasteiger partial charge on any atom is 0.408 e. The molecule has 0 saturated heterocycles. The summed E-state index contributed by atoms with van der Waals surface area (Å²) in [7, 11) is 0. The maximum atomic E-state index is 11.8. The fraction of sp³-hybridized carbons (Fsp3) is 0.400. The molecule has 1 atom stereocenters. The van der Waals surface area contributed by atoms with Gasteiger partial charge in [-0.05, 0) is 32.9 Å². The number of rotatable bonds is 3. The number of hydrogen-bond acceptors (Lipinski definition) is 5. The Balaban J connectivity index is 2.17. The number of alkyl carbamates (subject to hydrolysis) is 1. The van der Waals surface area contributed by atoms with Crippen LogP contribution in [0.2, 0.25) is 0 Å². The summed E-state index contributed by atoms with van der Waals surface area (Å²) in [6, 6.07) is 7.10. The smallest absolute Gasteiger partial charge is 0.408 e. The second kappa shape index (κ2) is 6.05. The van der Waals surface area contributed by atoms with E-state index in [1.165, 1.54) is 0 Å². The zero-order valence-corrected chi connectivity index (χ0v) is 12.5. The van der Waals surface area contributed by atoms with Gasteiger partial charge < -0.3 is 15.8 Å². The number of nitrogens with zero attached hydrogens (tertiary/aromatic N) is 2. The molecule has 1 aromatic carbocycles. The first-order chi connectivity index (χ1) is 9.89. The summed E-state index contributed by atoms with van der Waals surface area (Å²) in [6.45, 7) is 5.63. The normalized spacial score (nSPS) is 13.0. The number of nitrogens with one attached hydrogen (secondary N) is 1. The Morgan fingerprint density at radius 2 is 2.00 bits per heavy atom. The first kappa shape index (κ1) is 15.2. The molecule has 0 aliphatic rings. The number of carbonyl (C=O) groups excluding carboxylic acids is 1. The van der Waals surface area contributed by atoms with E-state index in [0.29, 0.717) is 5.69 Å². The van der Waals surface area contributed by atoms with Crippen LogP contribution in [0.25, 0.3) is 11.0 Å². The van der Waals surface area contributed by atoms with Gasteiger partial charge in [0.05, 0.1) is 29.0 Å². The van der Waals surface area contributed by atoms with Crippen LogP contribution in [0.3, 0.4) is 0 Å². The Morgan fingerprint density at radius 3 is 2.62 bits per heavy atom. The van der Waals surface area contributed by atoms with Crippen LogP contribution >= 0.6 is 0 Å². The minimum atomic E-state index is -0.557. The molecule has 3 N–H and O–H groups in total. The highest BCUT2D eigenvalue weighted by atomic mass is 16.6. The number of aromatic nitrogens is 2. The van der Waals surface area contributed by atoms with Crippen LogP contribution in [0.4, 0.5) is 4.79 Å². The van der Waals surface area contributed by atoms with Gasteiger partial charge >= 0.3 is 6.09 Å². The number of benzene rings is 1. The highest BCUT2D eigenvalue weighted by molar-refractivity contribution is 5.74. The van der Waals surface area contributed by atoms with Crippen molar-refractivity contribution in [3.63, 3.8) is 0 Å². The van der Waals surface area contributed by atoms with E-state index >= 15 is 0 Å². The molecule has 0 radical (unpaired) electrons. The quantitative estimate of drug-likeness (QED) is 0.903. The molecule has 0 spiro atoms. The monoisotopic (exact) mass is 288 g/mol. The van der Waals surface area contributed by atoms with E-state index in [1.54, 1.807) is 27.0 Å². The largest absolute Gasteiger partial charge is 0.444 e. The van der Waals surface area contributed by atoms with Gasteiger partial charge in [0.15, 0.2) is 0 Å². The highest BCUT2D eigenvalue weighted by Gasteiger charge is 2.20. The van der Waals surface area contributed by atoms with Crippen LogP contribution in [0.1, 0.15) is 32.5 Å². The van der Waals surface area contributed by atoms with Gasteiger partial charge in [0.1, 0.15) is 5.60 Å². The molecule has 6 nitrogen and oxygen atoms in total. The number of ether oxygens (including phenoxy) is 1. The molecule has 0 saturated carbocycles. The van der Waals surface area contributed by atoms with Crippen molar-refractivity contribution in [2.75, 3.05) is 6.54 Å². The molecule has 0 fully saturated rings. The van der Waals surface area contributed by atoms with E-state index in [1.807, 2.05) is 24.3 Å². The molecule has 1 amide bonds. The third-order valence-corrected chi connectivity index (χ3v) is 2.75. The highest BCUT2D eigenvalue weighted by Crippen LogP contribution is 2.15. The summed E-state index contributed by atoms with van der Waals surface area (Å²) in [5.41, 5.74) is 7.34. The molecule has 0 bridgehead atoms. The fourth-order valence-corrected chi connectivity index (χ4v) is 1.84. The van der Waals surface area contributed by atoms with Gasteiger partial charge in [-0.1, -0.05) is 12.1 Å². The van der Waals surface area contributed by atoms with Gasteiger partial charge in [-0.15, -0.1) is 0 Å². The molecule has 6 heteroatoms. The van der Waals surface area contributed by atoms with E-state index in [2.05, 4.69) is 15.3 Å². The molecule has 1 unspecified atom stereocenters. The lowest BCUT2D eigenvalue weighted by Gasteiger charge is -2.22. The molecular formula is C15H20N4O2. The lowest BCUT2D eigenvalue weighted by atomic mass is 10.2. The maximum absolute atomic E-state index is 11.8. The summed E-state index contributed by atoms with van der Waals surface area (Å²) in [4.78, 5) is 20.6. The number of para-hydroxylation sites is 2. The van der Waals surface area contributed by atoms with Gasteiger partial charge in [0.2, 0.25) is 0 Å². The molecule has 0 aliphatic heterocycles. The molecule has 112 valence electrons. The first-order valence-corrected chi connectivity index (χ1v) is 6.80. The molecule has 2 aromatic rings. The SMILES string of the molecule is CC(C)(C)OC(=O)NC(CN)c1cnc2ccccc2n1. The van der Waals surface area contributed by atoms with Gasteiger partial charge in [-0.3, -0.25) is 4.98 Å². The van der Waals surface area contributed by atoms with Crippen LogP contribution in [0, 0.1) is 0 Å². The van der Waals surface area contributed by atoms with Gasteiger partial charge in [-0.2, -0.15) is 0 Å². The van der Waals surface area contributed by atoms with E-state index in [9.17, 15) is 4.79 Å². The zero-order valence-electron chi connectivity index (χ0n) is 12.5. The molecular weight excluding hydrogens is 268 g/mol. The Labute approximate surface area is 123 Å². The second-order valence-corrected chi connectivity index (χ2v) is 5.72. The topological polar surface area (TPSA) is 90.1 Å². The average Bonchev–Trinajstić information content (AvgIpc) is 2.42. The predicted molar refractivity (Wildman–Crippen MR) is 80.7 cm³/mol. The number of amides is 1. The first-order valence-electron chi connectivity index (χ1n) is 6.80. The molecule has 1 aromatic heterocycles. The lowest BCUT2D eigenvalue weighted by Crippen LogP contribution is -2.38. The van der Waals surface area contributed by atoms with Crippen LogP contribution < -0.4 is 11.1 Å². The summed E-state index contributed by atoms with van der Waals surface area (Å²) in [5, 5.41) is 2.72.